The fraction of sp³-hybridized carbons (Fsp3) is 0.480. The largest absolute Gasteiger partial charge is 0.493 e. The predicted octanol–water partition coefficient (Wildman–Crippen LogP) is 2.59. The Hall–Kier alpha value is -2.66. The molecule has 1 atom stereocenters. The maximum Gasteiger partial charge on any atom is 0.243 e. The third-order valence-corrected chi connectivity index (χ3v) is 8.76. The number of fused-ring (bicyclic) bond motifs is 1. The number of nitrogens with one attached hydrogen (secondary N) is 1. The molecule has 0 saturated carbocycles. The number of nitrogens with zero attached hydrogens (tertiary/aromatic N) is 2. The first kappa shape index (κ1) is 25.4. The zero-order chi connectivity index (χ0) is 25.2. The van der Waals surface area contributed by atoms with E-state index in [1.165, 1.54) is 9.87 Å². The van der Waals surface area contributed by atoms with Crippen molar-refractivity contribution >= 4 is 21.6 Å². The number of carbonyl (C=O) groups is 1. The molecule has 0 aliphatic carbocycles. The Morgan fingerprint density at radius 3 is 2.46 bits per heavy atom. The fourth-order valence-electron chi connectivity index (χ4n) is 4.68. The Bertz CT molecular complexity index is 1190. The highest BCUT2D eigenvalue weighted by molar-refractivity contribution is 7.89. The van der Waals surface area contributed by atoms with Gasteiger partial charge >= 0.3 is 0 Å². The van der Waals surface area contributed by atoms with E-state index in [0.29, 0.717) is 49.1 Å². The molecule has 1 fully saturated rings. The number of carbonyl (C=O) groups excluding carboxylic acids is 1. The van der Waals surface area contributed by atoms with Crippen molar-refractivity contribution in [3.05, 3.63) is 47.0 Å². The molecular weight excluding hydrogens is 470 g/mol. The van der Waals surface area contributed by atoms with Crippen LogP contribution in [0.5, 0.6) is 11.5 Å². The van der Waals surface area contributed by atoms with Crippen molar-refractivity contribution < 1.29 is 27.4 Å². The number of anilines is 1. The van der Waals surface area contributed by atoms with E-state index in [4.69, 9.17) is 14.2 Å². The lowest BCUT2D eigenvalue weighted by Crippen LogP contribution is -2.41. The molecule has 4 rings (SSSR count). The van der Waals surface area contributed by atoms with E-state index >= 15 is 0 Å². The Balaban J connectivity index is 1.47. The van der Waals surface area contributed by atoms with Gasteiger partial charge in [-0.05, 0) is 61.2 Å². The van der Waals surface area contributed by atoms with E-state index in [2.05, 4.69) is 17.1 Å². The molecule has 9 nitrogen and oxygen atoms in total. The van der Waals surface area contributed by atoms with Crippen LogP contribution in [0, 0.1) is 6.92 Å². The number of methoxy groups -OCH3 is 2. The van der Waals surface area contributed by atoms with Crippen LogP contribution in [0.15, 0.2) is 35.2 Å². The third kappa shape index (κ3) is 5.30. The molecule has 0 spiro atoms. The fourth-order valence-corrected chi connectivity index (χ4v) is 6.34. The summed E-state index contributed by atoms with van der Waals surface area (Å²) in [6.45, 7) is 6.14. The number of aryl methyl sites for hydroxylation is 1. The average molecular weight is 504 g/mol. The van der Waals surface area contributed by atoms with Gasteiger partial charge in [-0.25, -0.2) is 8.42 Å². The number of ether oxygens (including phenoxy) is 3. The summed E-state index contributed by atoms with van der Waals surface area (Å²) in [7, 11) is -0.433. The quantitative estimate of drug-likeness (QED) is 0.620. The van der Waals surface area contributed by atoms with E-state index in [-0.39, 0.29) is 23.4 Å². The molecule has 0 bridgehead atoms. The highest BCUT2D eigenvalue weighted by atomic mass is 32.2. The number of morpholine rings is 1. The molecular formula is C25H33N3O6S. The Morgan fingerprint density at radius 2 is 1.77 bits per heavy atom. The molecule has 2 aromatic rings. The van der Waals surface area contributed by atoms with Crippen LogP contribution in [-0.4, -0.2) is 77.1 Å². The summed E-state index contributed by atoms with van der Waals surface area (Å²) >= 11 is 0. The second-order valence-corrected chi connectivity index (χ2v) is 10.8. The highest BCUT2D eigenvalue weighted by Gasteiger charge is 2.29. The predicted molar refractivity (Wildman–Crippen MR) is 133 cm³/mol. The SMILES string of the molecule is COc1cc2c(cc1OC)C(C)N(CC(=O)Nc1ccc(C)c(S(=O)(=O)N3CCOCC3)c1)CC2. The van der Waals surface area contributed by atoms with Crippen LogP contribution in [0.2, 0.25) is 0 Å². The van der Waals surface area contributed by atoms with Gasteiger partial charge in [-0.3, -0.25) is 9.69 Å². The minimum atomic E-state index is -3.66. The number of sulfonamides is 1. The number of rotatable bonds is 7. The molecule has 2 aromatic carbocycles. The number of hydrogen-bond donors (Lipinski definition) is 1. The lowest BCUT2D eigenvalue weighted by Gasteiger charge is -2.35. The molecule has 1 N–H and O–H groups in total. The van der Waals surface area contributed by atoms with Crippen molar-refractivity contribution in [1.29, 1.82) is 0 Å². The summed E-state index contributed by atoms with van der Waals surface area (Å²) in [5.74, 6) is 1.17. The van der Waals surface area contributed by atoms with Gasteiger partial charge in [0.25, 0.3) is 0 Å². The Labute approximate surface area is 207 Å². The first-order valence-electron chi connectivity index (χ1n) is 11.7. The van der Waals surface area contributed by atoms with E-state index < -0.39 is 10.0 Å². The maximum absolute atomic E-state index is 13.2. The molecule has 190 valence electrons. The second kappa shape index (κ2) is 10.5. The van der Waals surface area contributed by atoms with Crippen molar-refractivity contribution in [1.82, 2.24) is 9.21 Å². The molecule has 1 unspecified atom stereocenters. The van der Waals surface area contributed by atoms with E-state index in [1.54, 1.807) is 39.3 Å². The van der Waals surface area contributed by atoms with Crippen molar-refractivity contribution in [3.63, 3.8) is 0 Å². The maximum atomic E-state index is 13.2. The van der Waals surface area contributed by atoms with Gasteiger partial charge in [0.05, 0.1) is 38.9 Å². The molecule has 0 radical (unpaired) electrons. The molecule has 1 saturated heterocycles. The molecule has 35 heavy (non-hydrogen) atoms. The lowest BCUT2D eigenvalue weighted by atomic mass is 9.93. The smallest absolute Gasteiger partial charge is 0.243 e. The van der Waals surface area contributed by atoms with Gasteiger partial charge in [0.15, 0.2) is 11.5 Å². The van der Waals surface area contributed by atoms with Gasteiger partial charge in [0.1, 0.15) is 0 Å². The molecule has 0 aromatic heterocycles. The topological polar surface area (TPSA) is 97.4 Å². The molecule has 2 aliphatic rings. The standard InChI is InChI=1S/C25H33N3O6S/c1-17-5-6-20(14-24(17)35(30,31)28-9-11-34-12-10-28)26-25(29)16-27-8-7-19-13-22(32-3)23(33-4)15-21(19)18(27)2/h5-6,13-15,18H,7-12,16H2,1-4H3,(H,26,29). The lowest BCUT2D eigenvalue weighted by molar-refractivity contribution is -0.117. The summed E-state index contributed by atoms with van der Waals surface area (Å²) in [6, 6.07) is 9.00. The van der Waals surface area contributed by atoms with Crippen LogP contribution in [0.3, 0.4) is 0 Å². The normalized spacial score (nSPS) is 19.1. The van der Waals surface area contributed by atoms with Gasteiger partial charge in [0.2, 0.25) is 15.9 Å². The van der Waals surface area contributed by atoms with Crippen LogP contribution in [0.4, 0.5) is 5.69 Å². The number of benzene rings is 2. The van der Waals surface area contributed by atoms with Gasteiger partial charge in [-0.2, -0.15) is 4.31 Å². The third-order valence-electron chi connectivity index (χ3n) is 6.72. The Morgan fingerprint density at radius 1 is 1.09 bits per heavy atom. The van der Waals surface area contributed by atoms with Crippen LogP contribution in [0.1, 0.15) is 29.7 Å². The van der Waals surface area contributed by atoms with Gasteiger partial charge in [-0.1, -0.05) is 6.07 Å². The van der Waals surface area contributed by atoms with Crippen molar-refractivity contribution in [2.24, 2.45) is 0 Å². The molecule has 1 amide bonds. The van der Waals surface area contributed by atoms with Crippen LogP contribution in [-0.2, 0) is 26.0 Å². The van der Waals surface area contributed by atoms with Crippen LogP contribution < -0.4 is 14.8 Å². The Kier molecular flexibility index (Phi) is 7.65. The average Bonchev–Trinajstić information content (AvgIpc) is 2.86. The van der Waals surface area contributed by atoms with E-state index in [9.17, 15) is 13.2 Å². The van der Waals surface area contributed by atoms with Crippen LogP contribution >= 0.6 is 0 Å². The zero-order valence-corrected chi connectivity index (χ0v) is 21.5. The zero-order valence-electron chi connectivity index (χ0n) is 20.7. The first-order valence-corrected chi connectivity index (χ1v) is 13.2. The van der Waals surface area contributed by atoms with Gasteiger partial charge < -0.3 is 19.5 Å². The van der Waals surface area contributed by atoms with Crippen molar-refractivity contribution in [3.8, 4) is 11.5 Å². The van der Waals surface area contributed by atoms with Crippen LogP contribution in [0.25, 0.3) is 0 Å². The van der Waals surface area contributed by atoms with Crippen molar-refractivity contribution in [2.45, 2.75) is 31.2 Å². The van der Waals surface area contributed by atoms with Crippen molar-refractivity contribution in [2.75, 3.05) is 58.9 Å². The summed E-state index contributed by atoms with van der Waals surface area (Å²) in [4.78, 5) is 15.2. The number of hydrogen-bond acceptors (Lipinski definition) is 7. The summed E-state index contributed by atoms with van der Waals surface area (Å²) in [5.41, 5.74) is 3.39. The minimum Gasteiger partial charge on any atom is -0.493 e. The molecule has 10 heteroatoms. The monoisotopic (exact) mass is 503 g/mol. The second-order valence-electron chi connectivity index (χ2n) is 8.85. The summed E-state index contributed by atoms with van der Waals surface area (Å²) in [5, 5.41) is 2.88. The van der Waals surface area contributed by atoms with Gasteiger partial charge in [-0.15, -0.1) is 0 Å². The van der Waals surface area contributed by atoms with E-state index in [0.717, 1.165) is 18.5 Å². The highest BCUT2D eigenvalue weighted by Crippen LogP contribution is 2.37. The van der Waals surface area contributed by atoms with E-state index in [1.807, 2.05) is 12.1 Å². The summed E-state index contributed by atoms with van der Waals surface area (Å²) < 4.78 is 43.9. The van der Waals surface area contributed by atoms with Gasteiger partial charge in [0, 0.05) is 31.4 Å². The minimum absolute atomic E-state index is 0.0135. The summed E-state index contributed by atoms with van der Waals surface area (Å²) in [6.07, 6.45) is 0.791. The molecule has 2 aliphatic heterocycles. The molecule has 2 heterocycles. The first-order chi connectivity index (χ1) is 16.7. The number of amides is 1.